The minimum absolute atomic E-state index is 0.0826. The van der Waals surface area contributed by atoms with Gasteiger partial charge in [-0.25, -0.2) is 4.68 Å². The van der Waals surface area contributed by atoms with E-state index in [1.54, 1.807) is 26.4 Å². The van der Waals surface area contributed by atoms with E-state index >= 15 is 0 Å². The predicted molar refractivity (Wildman–Crippen MR) is 118 cm³/mol. The molecule has 0 unspecified atom stereocenters. The molecule has 1 aromatic carbocycles. The lowest BCUT2D eigenvalue weighted by Gasteiger charge is -2.36. The number of piperazine rings is 1. The monoisotopic (exact) mass is 399 g/mol. The fraction of sp³-hybridized carbons (Fsp3) is 0.545. The fourth-order valence-electron chi connectivity index (χ4n) is 3.72. The number of methoxy groups -OCH3 is 1. The van der Waals surface area contributed by atoms with E-state index in [4.69, 9.17) is 4.74 Å². The number of hydrogen-bond acceptors (Lipinski definition) is 6. The minimum atomic E-state index is -0.0826. The van der Waals surface area contributed by atoms with Gasteiger partial charge in [0.2, 0.25) is 0 Å². The number of hydrogen-bond donors (Lipinski definition) is 1. The first-order valence-corrected chi connectivity index (χ1v) is 10.5. The first kappa shape index (κ1) is 21.2. The number of benzene rings is 1. The van der Waals surface area contributed by atoms with Crippen LogP contribution in [0.3, 0.4) is 0 Å². The molecule has 0 spiro atoms. The van der Waals surface area contributed by atoms with Crippen LogP contribution >= 0.6 is 0 Å². The number of aromatic nitrogens is 2. The van der Waals surface area contributed by atoms with Crippen molar-refractivity contribution < 1.29 is 4.74 Å². The van der Waals surface area contributed by atoms with Crippen molar-refractivity contribution in [2.45, 2.75) is 25.7 Å². The van der Waals surface area contributed by atoms with Gasteiger partial charge >= 0.3 is 0 Å². The van der Waals surface area contributed by atoms with E-state index in [1.807, 2.05) is 12.1 Å². The molecule has 1 saturated heterocycles. The van der Waals surface area contributed by atoms with Gasteiger partial charge in [0.1, 0.15) is 5.75 Å². The maximum Gasteiger partial charge on any atom is 0.268 e. The smallest absolute Gasteiger partial charge is 0.268 e. The molecular weight excluding hydrogens is 366 g/mol. The average molecular weight is 400 g/mol. The number of nitrogens with zero attached hydrogens (tertiary/aromatic N) is 4. The van der Waals surface area contributed by atoms with Crippen molar-refractivity contribution in [2.24, 2.45) is 7.05 Å². The Hall–Kier alpha value is -2.54. The summed E-state index contributed by atoms with van der Waals surface area (Å²) in [5, 5.41) is 7.30. The number of rotatable bonds is 10. The van der Waals surface area contributed by atoms with Crippen LogP contribution < -0.4 is 20.5 Å². The highest BCUT2D eigenvalue weighted by atomic mass is 16.5. The van der Waals surface area contributed by atoms with Gasteiger partial charge < -0.3 is 15.0 Å². The van der Waals surface area contributed by atoms with E-state index < -0.39 is 0 Å². The first-order chi connectivity index (χ1) is 14.2. The van der Waals surface area contributed by atoms with Gasteiger partial charge in [0.15, 0.2) is 0 Å². The van der Waals surface area contributed by atoms with E-state index in [9.17, 15) is 4.79 Å². The second-order valence-electron chi connectivity index (χ2n) is 7.55. The summed E-state index contributed by atoms with van der Waals surface area (Å²) >= 11 is 0. The molecule has 1 N–H and O–H groups in total. The van der Waals surface area contributed by atoms with Gasteiger partial charge in [-0.3, -0.25) is 9.69 Å². The Bertz CT molecular complexity index is 815. The molecule has 1 aromatic heterocycles. The van der Waals surface area contributed by atoms with Crippen molar-refractivity contribution in [3.05, 3.63) is 46.9 Å². The maximum absolute atomic E-state index is 11.5. The highest BCUT2D eigenvalue weighted by Crippen LogP contribution is 2.28. The first-order valence-electron chi connectivity index (χ1n) is 10.5. The normalized spacial score (nSPS) is 14.8. The number of ether oxygens (including phenoxy) is 1. The molecule has 0 atom stereocenters. The molecule has 0 radical (unpaired) electrons. The third-order valence-electron chi connectivity index (χ3n) is 5.50. The van der Waals surface area contributed by atoms with Crippen molar-refractivity contribution >= 4 is 11.4 Å². The molecule has 1 fully saturated rings. The second kappa shape index (κ2) is 10.9. The highest BCUT2D eigenvalue weighted by Gasteiger charge is 2.18. The summed E-state index contributed by atoms with van der Waals surface area (Å²) < 4.78 is 6.83. The summed E-state index contributed by atoms with van der Waals surface area (Å²) in [5.41, 5.74) is 1.93. The van der Waals surface area contributed by atoms with Crippen LogP contribution in [-0.2, 0) is 7.05 Å². The topological polar surface area (TPSA) is 62.6 Å². The van der Waals surface area contributed by atoms with Crippen LogP contribution in [0, 0.1) is 0 Å². The number of aryl methyl sites for hydroxylation is 1. The third kappa shape index (κ3) is 6.22. The van der Waals surface area contributed by atoms with E-state index in [0.29, 0.717) is 0 Å². The molecular formula is C22H33N5O2. The Morgan fingerprint density at radius 1 is 1.07 bits per heavy atom. The molecule has 2 aromatic rings. The zero-order valence-electron chi connectivity index (χ0n) is 17.6. The van der Waals surface area contributed by atoms with E-state index in [0.717, 1.165) is 50.6 Å². The minimum Gasteiger partial charge on any atom is -0.495 e. The molecule has 1 aliphatic rings. The lowest BCUT2D eigenvalue weighted by molar-refractivity contribution is 0.251. The molecule has 7 heteroatoms. The SMILES string of the molecule is COc1ccccc1N1CCN(CCCCCCNc2cnn(C)c(=O)c2)CC1. The third-order valence-corrected chi connectivity index (χ3v) is 5.50. The fourth-order valence-corrected chi connectivity index (χ4v) is 3.72. The van der Waals surface area contributed by atoms with Crippen LogP contribution in [0.4, 0.5) is 11.4 Å². The van der Waals surface area contributed by atoms with Crippen LogP contribution in [0.25, 0.3) is 0 Å². The zero-order chi connectivity index (χ0) is 20.5. The van der Waals surface area contributed by atoms with Gasteiger partial charge in [-0.15, -0.1) is 0 Å². The van der Waals surface area contributed by atoms with Gasteiger partial charge in [0.05, 0.1) is 24.7 Å². The molecule has 1 aliphatic heterocycles. The van der Waals surface area contributed by atoms with Crippen molar-refractivity contribution in [1.82, 2.24) is 14.7 Å². The molecule has 0 bridgehead atoms. The van der Waals surface area contributed by atoms with Crippen molar-refractivity contribution in [2.75, 3.05) is 56.6 Å². The van der Waals surface area contributed by atoms with Crippen LogP contribution in [0.1, 0.15) is 25.7 Å². The summed E-state index contributed by atoms with van der Waals surface area (Å²) in [5.74, 6) is 0.959. The summed E-state index contributed by atoms with van der Waals surface area (Å²) in [6.45, 7) is 6.37. The van der Waals surface area contributed by atoms with Gasteiger partial charge in [-0.1, -0.05) is 25.0 Å². The predicted octanol–water partition coefficient (Wildman–Crippen LogP) is 2.58. The van der Waals surface area contributed by atoms with Crippen molar-refractivity contribution in [3.8, 4) is 5.75 Å². The molecule has 3 rings (SSSR count). The van der Waals surface area contributed by atoms with Gasteiger partial charge in [0, 0.05) is 45.8 Å². The second-order valence-corrected chi connectivity index (χ2v) is 7.55. The summed E-state index contributed by atoms with van der Waals surface area (Å²) in [4.78, 5) is 16.5. The molecule has 158 valence electrons. The van der Waals surface area contributed by atoms with Gasteiger partial charge in [-0.2, -0.15) is 5.10 Å². The molecule has 0 amide bonds. The standard InChI is InChI=1S/C22H33N5O2/c1-25-22(28)17-19(18-24-25)23-11-7-3-4-8-12-26-13-15-27(16-14-26)20-9-5-6-10-21(20)29-2/h5-6,9-10,17-18,23H,3-4,7-8,11-16H2,1-2H3. The summed E-state index contributed by atoms with van der Waals surface area (Å²) in [6, 6.07) is 9.87. The number of para-hydroxylation sites is 2. The molecule has 2 heterocycles. The lowest BCUT2D eigenvalue weighted by Crippen LogP contribution is -2.46. The Morgan fingerprint density at radius 2 is 1.83 bits per heavy atom. The van der Waals surface area contributed by atoms with Crippen molar-refractivity contribution in [1.29, 1.82) is 0 Å². The lowest BCUT2D eigenvalue weighted by atomic mass is 10.1. The number of unbranched alkanes of at least 4 members (excludes halogenated alkanes) is 3. The molecule has 0 saturated carbocycles. The molecule has 29 heavy (non-hydrogen) atoms. The Morgan fingerprint density at radius 3 is 2.59 bits per heavy atom. The zero-order valence-corrected chi connectivity index (χ0v) is 17.6. The van der Waals surface area contributed by atoms with E-state index in [2.05, 4.69) is 32.3 Å². The van der Waals surface area contributed by atoms with E-state index in [-0.39, 0.29) is 5.56 Å². The highest BCUT2D eigenvalue weighted by molar-refractivity contribution is 5.58. The van der Waals surface area contributed by atoms with Crippen LogP contribution in [0.15, 0.2) is 41.3 Å². The van der Waals surface area contributed by atoms with Gasteiger partial charge in [-0.05, 0) is 31.5 Å². The van der Waals surface area contributed by atoms with Gasteiger partial charge in [0.25, 0.3) is 5.56 Å². The Balaban J connectivity index is 1.26. The van der Waals surface area contributed by atoms with Crippen LogP contribution in [-0.4, -0.2) is 61.1 Å². The maximum atomic E-state index is 11.5. The summed E-state index contributed by atoms with van der Waals surface area (Å²) in [7, 11) is 3.40. The summed E-state index contributed by atoms with van der Waals surface area (Å²) in [6.07, 6.45) is 6.49. The van der Waals surface area contributed by atoms with Crippen molar-refractivity contribution in [3.63, 3.8) is 0 Å². The van der Waals surface area contributed by atoms with Crippen LogP contribution in [0.2, 0.25) is 0 Å². The molecule has 0 aliphatic carbocycles. The largest absolute Gasteiger partial charge is 0.495 e. The number of anilines is 2. The number of nitrogens with one attached hydrogen (secondary N) is 1. The molecule has 7 nitrogen and oxygen atoms in total. The van der Waals surface area contributed by atoms with E-state index in [1.165, 1.54) is 36.2 Å². The van der Waals surface area contributed by atoms with Crippen LogP contribution in [0.5, 0.6) is 5.75 Å². The average Bonchev–Trinajstić information content (AvgIpc) is 2.76. The quantitative estimate of drug-likeness (QED) is 0.620. The Kier molecular flexibility index (Phi) is 7.93. The Labute approximate surface area is 173 Å².